The molecule has 0 aromatic heterocycles. The highest BCUT2D eigenvalue weighted by molar-refractivity contribution is 4.85. The molecule has 1 heterocycles. The zero-order valence-electron chi connectivity index (χ0n) is 10.9. The Morgan fingerprint density at radius 1 is 1.44 bits per heavy atom. The van der Waals surface area contributed by atoms with Crippen LogP contribution in [0.3, 0.4) is 0 Å². The quantitative estimate of drug-likeness (QED) is 0.654. The van der Waals surface area contributed by atoms with Crippen LogP contribution in [0.5, 0.6) is 0 Å². The molecule has 1 saturated heterocycles. The standard InChI is InChI=1S/C13H28N2O/c1-12(6-8-14)5-3-9-15-13(2)7-4-10-16-11-13/h12,15H,3-11,14H2,1-2H3. The maximum Gasteiger partial charge on any atom is 0.0645 e. The normalized spacial score (nSPS) is 27.9. The number of ether oxygens (including phenoxy) is 1. The molecule has 0 saturated carbocycles. The molecule has 3 nitrogen and oxygen atoms in total. The largest absolute Gasteiger partial charge is 0.380 e. The van der Waals surface area contributed by atoms with E-state index in [4.69, 9.17) is 10.5 Å². The summed E-state index contributed by atoms with van der Waals surface area (Å²) in [7, 11) is 0. The first kappa shape index (κ1) is 13.9. The van der Waals surface area contributed by atoms with Crippen LogP contribution in [0.25, 0.3) is 0 Å². The van der Waals surface area contributed by atoms with Crippen molar-refractivity contribution in [3.05, 3.63) is 0 Å². The molecule has 96 valence electrons. The SMILES string of the molecule is CC(CCN)CCCNC1(C)CCCOC1. The molecule has 0 aromatic carbocycles. The van der Waals surface area contributed by atoms with Crippen molar-refractivity contribution in [2.45, 2.75) is 51.5 Å². The lowest BCUT2D eigenvalue weighted by atomic mass is 9.94. The van der Waals surface area contributed by atoms with E-state index >= 15 is 0 Å². The van der Waals surface area contributed by atoms with Crippen LogP contribution in [0, 0.1) is 5.92 Å². The van der Waals surface area contributed by atoms with Crippen LogP contribution >= 0.6 is 0 Å². The van der Waals surface area contributed by atoms with E-state index in [2.05, 4.69) is 19.2 Å². The molecule has 2 atom stereocenters. The highest BCUT2D eigenvalue weighted by Crippen LogP contribution is 2.18. The first-order valence-electron chi connectivity index (χ1n) is 6.69. The van der Waals surface area contributed by atoms with Crippen LogP contribution in [-0.2, 0) is 4.74 Å². The fourth-order valence-electron chi connectivity index (χ4n) is 2.34. The Balaban J connectivity index is 2.05. The number of rotatable bonds is 7. The van der Waals surface area contributed by atoms with Crippen molar-refractivity contribution < 1.29 is 4.74 Å². The molecule has 1 aliphatic heterocycles. The molecule has 1 aliphatic rings. The molecular formula is C13H28N2O. The van der Waals surface area contributed by atoms with E-state index in [1.165, 1.54) is 25.7 Å². The number of hydrogen-bond acceptors (Lipinski definition) is 3. The Labute approximate surface area is 100 Å². The third-order valence-corrected chi connectivity index (χ3v) is 3.52. The van der Waals surface area contributed by atoms with E-state index in [1.54, 1.807) is 0 Å². The topological polar surface area (TPSA) is 47.3 Å². The molecule has 0 aromatic rings. The molecule has 1 rings (SSSR count). The molecule has 0 amide bonds. The zero-order valence-corrected chi connectivity index (χ0v) is 10.9. The highest BCUT2D eigenvalue weighted by atomic mass is 16.5. The van der Waals surface area contributed by atoms with Gasteiger partial charge in [-0.25, -0.2) is 0 Å². The molecule has 16 heavy (non-hydrogen) atoms. The second-order valence-electron chi connectivity index (χ2n) is 5.47. The lowest BCUT2D eigenvalue weighted by Gasteiger charge is -2.34. The van der Waals surface area contributed by atoms with Crippen molar-refractivity contribution in [3.63, 3.8) is 0 Å². The van der Waals surface area contributed by atoms with Crippen LogP contribution in [0.15, 0.2) is 0 Å². The van der Waals surface area contributed by atoms with Crippen molar-refractivity contribution in [2.24, 2.45) is 11.7 Å². The van der Waals surface area contributed by atoms with E-state index in [0.29, 0.717) is 0 Å². The van der Waals surface area contributed by atoms with Gasteiger partial charge in [0.2, 0.25) is 0 Å². The van der Waals surface area contributed by atoms with Crippen LogP contribution in [0.1, 0.15) is 46.0 Å². The summed E-state index contributed by atoms with van der Waals surface area (Å²) in [6.45, 7) is 8.29. The lowest BCUT2D eigenvalue weighted by molar-refractivity contribution is 0.0285. The average molecular weight is 228 g/mol. The van der Waals surface area contributed by atoms with Crippen LogP contribution in [-0.4, -0.2) is 31.8 Å². The zero-order chi connectivity index (χ0) is 11.9. The van der Waals surface area contributed by atoms with Gasteiger partial charge in [-0.05, 0) is 58.0 Å². The Morgan fingerprint density at radius 3 is 2.88 bits per heavy atom. The summed E-state index contributed by atoms with van der Waals surface area (Å²) in [5.74, 6) is 0.766. The fourth-order valence-corrected chi connectivity index (χ4v) is 2.34. The summed E-state index contributed by atoms with van der Waals surface area (Å²) >= 11 is 0. The molecule has 2 unspecified atom stereocenters. The van der Waals surface area contributed by atoms with Crippen LogP contribution in [0.4, 0.5) is 0 Å². The molecule has 3 heteroatoms. The summed E-state index contributed by atoms with van der Waals surface area (Å²) < 4.78 is 5.52. The first-order valence-corrected chi connectivity index (χ1v) is 6.69. The summed E-state index contributed by atoms with van der Waals surface area (Å²) in [5, 5.41) is 3.64. The number of nitrogens with one attached hydrogen (secondary N) is 1. The minimum atomic E-state index is 0.218. The van der Waals surface area contributed by atoms with Crippen molar-refractivity contribution in [2.75, 3.05) is 26.3 Å². The van der Waals surface area contributed by atoms with E-state index in [9.17, 15) is 0 Å². The maximum atomic E-state index is 5.54. The third-order valence-electron chi connectivity index (χ3n) is 3.52. The van der Waals surface area contributed by atoms with E-state index < -0.39 is 0 Å². The smallest absolute Gasteiger partial charge is 0.0645 e. The van der Waals surface area contributed by atoms with E-state index in [0.717, 1.165) is 38.6 Å². The van der Waals surface area contributed by atoms with Gasteiger partial charge in [-0.1, -0.05) is 6.92 Å². The molecule has 0 bridgehead atoms. The Kier molecular flexibility index (Phi) is 6.32. The van der Waals surface area contributed by atoms with Gasteiger partial charge in [-0.3, -0.25) is 0 Å². The Bertz CT molecular complexity index is 179. The van der Waals surface area contributed by atoms with Gasteiger partial charge in [0.1, 0.15) is 0 Å². The van der Waals surface area contributed by atoms with Gasteiger partial charge in [-0.2, -0.15) is 0 Å². The van der Waals surface area contributed by atoms with Crippen molar-refractivity contribution in [1.29, 1.82) is 0 Å². The maximum absolute atomic E-state index is 5.54. The molecule has 1 fully saturated rings. The monoisotopic (exact) mass is 228 g/mol. The summed E-state index contributed by atoms with van der Waals surface area (Å²) in [6.07, 6.45) is 6.11. The minimum Gasteiger partial charge on any atom is -0.380 e. The lowest BCUT2D eigenvalue weighted by Crippen LogP contribution is -2.49. The summed E-state index contributed by atoms with van der Waals surface area (Å²) in [5.41, 5.74) is 5.76. The molecular weight excluding hydrogens is 200 g/mol. The van der Waals surface area contributed by atoms with Gasteiger partial charge < -0.3 is 15.8 Å². The fraction of sp³-hybridized carbons (Fsp3) is 1.00. The van der Waals surface area contributed by atoms with E-state index in [1.807, 2.05) is 0 Å². The third kappa shape index (κ3) is 5.28. The van der Waals surface area contributed by atoms with Gasteiger partial charge in [0.25, 0.3) is 0 Å². The average Bonchev–Trinajstić information content (AvgIpc) is 2.26. The number of hydrogen-bond donors (Lipinski definition) is 2. The predicted octanol–water partition coefficient (Wildman–Crippen LogP) is 1.91. The Hall–Kier alpha value is -0.120. The first-order chi connectivity index (χ1) is 7.66. The number of nitrogens with two attached hydrogens (primary N) is 1. The van der Waals surface area contributed by atoms with E-state index in [-0.39, 0.29) is 5.54 Å². The van der Waals surface area contributed by atoms with Gasteiger partial charge in [0.05, 0.1) is 6.61 Å². The van der Waals surface area contributed by atoms with Gasteiger partial charge >= 0.3 is 0 Å². The van der Waals surface area contributed by atoms with Gasteiger partial charge in [0.15, 0.2) is 0 Å². The van der Waals surface area contributed by atoms with Crippen LogP contribution in [0.2, 0.25) is 0 Å². The summed E-state index contributed by atoms with van der Waals surface area (Å²) in [4.78, 5) is 0. The molecule has 3 N–H and O–H groups in total. The second kappa shape index (κ2) is 7.25. The van der Waals surface area contributed by atoms with Gasteiger partial charge in [-0.15, -0.1) is 0 Å². The van der Waals surface area contributed by atoms with Crippen molar-refractivity contribution >= 4 is 0 Å². The predicted molar refractivity (Wildman–Crippen MR) is 68.5 cm³/mol. The van der Waals surface area contributed by atoms with Gasteiger partial charge in [0, 0.05) is 12.1 Å². The van der Waals surface area contributed by atoms with Crippen molar-refractivity contribution in [3.8, 4) is 0 Å². The Morgan fingerprint density at radius 2 is 2.25 bits per heavy atom. The van der Waals surface area contributed by atoms with Crippen LogP contribution < -0.4 is 11.1 Å². The molecule has 0 aliphatic carbocycles. The summed E-state index contributed by atoms with van der Waals surface area (Å²) in [6, 6.07) is 0. The van der Waals surface area contributed by atoms with Crippen molar-refractivity contribution in [1.82, 2.24) is 5.32 Å². The minimum absolute atomic E-state index is 0.218. The molecule has 0 radical (unpaired) electrons. The molecule has 0 spiro atoms. The highest BCUT2D eigenvalue weighted by Gasteiger charge is 2.26. The second-order valence-corrected chi connectivity index (χ2v) is 5.47.